The molecule has 186 valence electrons. The number of benzene rings is 2. The first-order valence-electron chi connectivity index (χ1n) is 11.7. The monoisotopic (exact) mass is 498 g/mol. The van der Waals surface area contributed by atoms with Crippen molar-refractivity contribution in [3.63, 3.8) is 0 Å². The van der Waals surface area contributed by atoms with E-state index in [1.54, 1.807) is 4.90 Å². The Morgan fingerprint density at radius 2 is 1.66 bits per heavy atom. The summed E-state index contributed by atoms with van der Waals surface area (Å²) in [5, 5.41) is 12.1. The number of nitrogens with zero attached hydrogens (tertiary/aromatic N) is 1. The molecule has 4 rings (SSSR count). The van der Waals surface area contributed by atoms with E-state index in [4.69, 9.17) is 9.47 Å². The van der Waals surface area contributed by atoms with Gasteiger partial charge in [0.1, 0.15) is 6.61 Å². The zero-order valence-corrected chi connectivity index (χ0v) is 20.5. The Kier molecular flexibility index (Phi) is 7.97. The van der Waals surface area contributed by atoms with Gasteiger partial charge >= 0.3 is 12.1 Å². The Labute approximate surface area is 209 Å². The molecule has 9 heteroatoms. The molecule has 0 atom stereocenters. The van der Waals surface area contributed by atoms with Crippen LogP contribution in [0, 0.1) is 0 Å². The zero-order valence-electron chi connectivity index (χ0n) is 19.7. The van der Waals surface area contributed by atoms with Crippen LogP contribution in [0.15, 0.2) is 48.5 Å². The van der Waals surface area contributed by atoms with Crippen molar-refractivity contribution in [3.05, 3.63) is 59.7 Å². The number of likely N-dealkylation sites (tertiary alicyclic amines) is 1. The van der Waals surface area contributed by atoms with Gasteiger partial charge in [-0.25, -0.2) is 9.59 Å². The summed E-state index contributed by atoms with van der Waals surface area (Å²) in [5.41, 5.74) is 3.50. The lowest BCUT2D eigenvalue weighted by Gasteiger charge is -2.37. The van der Waals surface area contributed by atoms with Crippen molar-refractivity contribution in [2.75, 3.05) is 44.9 Å². The summed E-state index contributed by atoms with van der Waals surface area (Å²) in [6.07, 6.45) is 0.0800. The van der Waals surface area contributed by atoms with Gasteiger partial charge in [-0.05, 0) is 22.3 Å². The summed E-state index contributed by atoms with van der Waals surface area (Å²) in [4.78, 5) is 37.8. The second kappa shape index (κ2) is 11.1. The SMILES string of the molecule is COC1(C(=O)O)CCN(C(=O)CSCCNC(=O)OCC2c3ccccc3-c3ccccc32)CC1. The van der Waals surface area contributed by atoms with E-state index in [0.717, 1.165) is 0 Å². The minimum atomic E-state index is -1.20. The third kappa shape index (κ3) is 5.46. The predicted molar refractivity (Wildman–Crippen MR) is 134 cm³/mol. The van der Waals surface area contributed by atoms with Crippen LogP contribution >= 0.6 is 11.8 Å². The second-order valence-electron chi connectivity index (χ2n) is 8.69. The number of aliphatic carboxylic acids is 1. The van der Waals surface area contributed by atoms with Gasteiger partial charge in [-0.15, -0.1) is 0 Å². The number of alkyl carbamates (subject to hydrolysis) is 1. The Morgan fingerprint density at radius 1 is 1.06 bits per heavy atom. The van der Waals surface area contributed by atoms with Crippen molar-refractivity contribution >= 4 is 29.7 Å². The first kappa shape index (κ1) is 25.1. The van der Waals surface area contributed by atoms with Crippen LogP contribution in [0.5, 0.6) is 0 Å². The molecule has 0 radical (unpaired) electrons. The first-order valence-corrected chi connectivity index (χ1v) is 12.8. The number of carboxylic acid groups (broad SMARTS) is 1. The summed E-state index contributed by atoms with van der Waals surface area (Å²) in [6, 6.07) is 16.4. The van der Waals surface area contributed by atoms with Gasteiger partial charge in [-0.3, -0.25) is 4.79 Å². The normalized spacial score (nSPS) is 16.3. The predicted octanol–water partition coefficient (Wildman–Crippen LogP) is 3.35. The van der Waals surface area contributed by atoms with Crippen LogP contribution in [0.1, 0.15) is 29.9 Å². The number of fused-ring (bicyclic) bond motifs is 3. The molecule has 1 aliphatic heterocycles. The number of nitrogens with one attached hydrogen (secondary N) is 1. The number of carbonyl (C=O) groups excluding carboxylic acids is 2. The van der Waals surface area contributed by atoms with Gasteiger partial charge in [0.05, 0.1) is 5.75 Å². The van der Waals surface area contributed by atoms with Crippen molar-refractivity contribution < 1.29 is 29.0 Å². The average Bonchev–Trinajstić information content (AvgIpc) is 3.20. The van der Waals surface area contributed by atoms with Gasteiger partial charge in [0.15, 0.2) is 5.60 Å². The van der Waals surface area contributed by atoms with E-state index in [9.17, 15) is 19.5 Å². The van der Waals surface area contributed by atoms with E-state index in [-0.39, 0.29) is 37.0 Å². The lowest BCUT2D eigenvalue weighted by atomic mass is 9.91. The highest BCUT2D eigenvalue weighted by Crippen LogP contribution is 2.44. The summed E-state index contributed by atoms with van der Waals surface area (Å²) >= 11 is 1.42. The molecule has 1 saturated heterocycles. The highest BCUT2D eigenvalue weighted by molar-refractivity contribution is 7.99. The fourth-order valence-corrected chi connectivity index (χ4v) is 5.50. The number of thioether (sulfide) groups is 1. The molecule has 1 aliphatic carbocycles. The Balaban J connectivity index is 1.15. The first-order chi connectivity index (χ1) is 16.9. The average molecular weight is 499 g/mol. The molecule has 2 aromatic rings. The molecular formula is C26H30N2O6S. The Morgan fingerprint density at radius 3 is 2.23 bits per heavy atom. The standard InChI is InChI=1S/C26H30N2O6S/c1-33-26(24(30)31)10-13-28(14-11-26)23(29)17-35-15-12-27-25(32)34-16-22-20-8-4-2-6-18(20)19-7-3-5-9-21(19)22/h2-9,22H,10-17H2,1H3,(H,27,32)(H,30,31). The van der Waals surface area contributed by atoms with Gasteiger partial charge < -0.3 is 24.8 Å². The molecule has 2 aliphatic rings. The summed E-state index contributed by atoms with van der Waals surface area (Å²) < 4.78 is 10.7. The number of piperidine rings is 1. The molecule has 2 aromatic carbocycles. The van der Waals surface area contributed by atoms with Crippen LogP contribution in [0.25, 0.3) is 11.1 Å². The number of ether oxygens (including phenoxy) is 2. The van der Waals surface area contributed by atoms with E-state index >= 15 is 0 Å². The number of carboxylic acids is 1. The van der Waals surface area contributed by atoms with Crippen molar-refractivity contribution in [1.29, 1.82) is 0 Å². The molecular weight excluding hydrogens is 468 g/mol. The molecule has 0 aromatic heterocycles. The maximum atomic E-state index is 12.4. The summed E-state index contributed by atoms with van der Waals surface area (Å²) in [5.74, 6) is -0.157. The van der Waals surface area contributed by atoms with Gasteiger partial charge in [-0.2, -0.15) is 11.8 Å². The molecule has 0 spiro atoms. The smallest absolute Gasteiger partial charge is 0.407 e. The third-order valence-electron chi connectivity index (χ3n) is 6.79. The van der Waals surface area contributed by atoms with Crippen molar-refractivity contribution in [2.24, 2.45) is 0 Å². The Hall–Kier alpha value is -3.04. The van der Waals surface area contributed by atoms with Crippen LogP contribution in [0.3, 0.4) is 0 Å². The van der Waals surface area contributed by atoms with E-state index < -0.39 is 17.7 Å². The number of hydrogen-bond acceptors (Lipinski definition) is 6. The van der Waals surface area contributed by atoms with Crippen molar-refractivity contribution in [2.45, 2.75) is 24.4 Å². The molecule has 35 heavy (non-hydrogen) atoms. The highest BCUT2D eigenvalue weighted by atomic mass is 32.2. The molecule has 0 bridgehead atoms. The van der Waals surface area contributed by atoms with Crippen LogP contribution in [0.4, 0.5) is 4.79 Å². The maximum Gasteiger partial charge on any atom is 0.407 e. The molecule has 8 nitrogen and oxygen atoms in total. The van der Waals surface area contributed by atoms with Crippen LogP contribution in [-0.4, -0.2) is 78.4 Å². The lowest BCUT2D eigenvalue weighted by molar-refractivity contribution is -0.169. The largest absolute Gasteiger partial charge is 0.479 e. The second-order valence-corrected chi connectivity index (χ2v) is 9.79. The van der Waals surface area contributed by atoms with Gasteiger partial charge in [0, 0.05) is 51.3 Å². The minimum Gasteiger partial charge on any atom is -0.479 e. The molecule has 1 heterocycles. The molecule has 1 fully saturated rings. The number of rotatable bonds is 9. The van der Waals surface area contributed by atoms with E-state index in [1.165, 1.54) is 41.1 Å². The zero-order chi connectivity index (χ0) is 24.8. The van der Waals surface area contributed by atoms with Gasteiger partial charge in [0.25, 0.3) is 0 Å². The molecule has 2 amide bonds. The lowest BCUT2D eigenvalue weighted by Crippen LogP contribution is -2.52. The topological polar surface area (TPSA) is 105 Å². The van der Waals surface area contributed by atoms with Crippen LogP contribution < -0.4 is 5.32 Å². The number of hydrogen-bond donors (Lipinski definition) is 2. The maximum absolute atomic E-state index is 12.4. The summed E-state index contributed by atoms with van der Waals surface area (Å²) in [6.45, 7) is 1.37. The third-order valence-corrected chi connectivity index (χ3v) is 7.73. The highest BCUT2D eigenvalue weighted by Gasteiger charge is 2.42. The molecule has 2 N–H and O–H groups in total. The molecule has 0 unspecified atom stereocenters. The number of methoxy groups -OCH3 is 1. The van der Waals surface area contributed by atoms with Crippen molar-refractivity contribution in [3.8, 4) is 11.1 Å². The molecule has 0 saturated carbocycles. The number of amides is 2. The van der Waals surface area contributed by atoms with Crippen LogP contribution in [-0.2, 0) is 19.1 Å². The van der Waals surface area contributed by atoms with E-state index in [2.05, 4.69) is 29.6 Å². The fraction of sp³-hybridized carbons (Fsp3) is 0.423. The van der Waals surface area contributed by atoms with E-state index in [0.29, 0.717) is 25.4 Å². The van der Waals surface area contributed by atoms with Gasteiger partial charge in [-0.1, -0.05) is 48.5 Å². The summed E-state index contributed by atoms with van der Waals surface area (Å²) in [7, 11) is 1.39. The fourth-order valence-electron chi connectivity index (χ4n) is 4.75. The minimum absolute atomic E-state index is 0.0164. The number of carbonyl (C=O) groups is 3. The van der Waals surface area contributed by atoms with Crippen LogP contribution in [0.2, 0.25) is 0 Å². The van der Waals surface area contributed by atoms with E-state index in [1.807, 2.05) is 24.3 Å². The Bertz CT molecular complexity index is 1040. The van der Waals surface area contributed by atoms with Crippen molar-refractivity contribution in [1.82, 2.24) is 10.2 Å². The van der Waals surface area contributed by atoms with Gasteiger partial charge in [0.2, 0.25) is 5.91 Å². The quantitative estimate of drug-likeness (QED) is 0.511.